The van der Waals surface area contributed by atoms with E-state index in [0.717, 1.165) is 65.0 Å². The van der Waals surface area contributed by atoms with Gasteiger partial charge in [0.2, 0.25) is 5.91 Å². The maximum absolute atomic E-state index is 12.8. The van der Waals surface area contributed by atoms with Gasteiger partial charge in [-0.05, 0) is 69.4 Å². The van der Waals surface area contributed by atoms with Crippen molar-refractivity contribution < 1.29 is 4.79 Å². The number of carbonyl (C=O) groups is 1. The number of hydrogen-bond donors (Lipinski definition) is 0. The largest absolute Gasteiger partial charge is 0.345 e. The molecule has 1 unspecified atom stereocenters. The molecular weight excluding hydrogens is 336 g/mol. The lowest BCUT2D eigenvalue weighted by atomic mass is 9.92. The summed E-state index contributed by atoms with van der Waals surface area (Å²) in [6.07, 6.45) is 10.7. The predicted octanol–water partition coefficient (Wildman–Crippen LogP) is 3.02. The Balaban J connectivity index is 1.46. The number of unbranched alkanes of at least 4 members (excludes halogenated alkanes) is 1. The van der Waals surface area contributed by atoms with Gasteiger partial charge in [-0.2, -0.15) is 0 Å². The van der Waals surface area contributed by atoms with Gasteiger partial charge >= 0.3 is 0 Å². The van der Waals surface area contributed by atoms with Crippen LogP contribution in [0.3, 0.4) is 0 Å². The second kappa shape index (κ2) is 10.2. The van der Waals surface area contributed by atoms with E-state index in [1.54, 1.807) is 0 Å². The van der Waals surface area contributed by atoms with E-state index >= 15 is 0 Å². The summed E-state index contributed by atoms with van der Waals surface area (Å²) in [5.74, 6) is 0.568. The molecule has 5 heteroatoms. The minimum Gasteiger partial charge on any atom is -0.345 e. The van der Waals surface area contributed by atoms with Gasteiger partial charge in [0.25, 0.3) is 0 Å². The van der Waals surface area contributed by atoms with Crippen molar-refractivity contribution >= 4 is 5.91 Å². The highest BCUT2D eigenvalue weighted by Gasteiger charge is 2.32. The van der Waals surface area contributed by atoms with Crippen LogP contribution in [0.4, 0.5) is 0 Å². The number of carbonyl (C=O) groups excluding carboxylic acids is 1. The average Bonchev–Trinajstić information content (AvgIpc) is 2.73. The Morgan fingerprint density at radius 1 is 1.19 bits per heavy atom. The van der Waals surface area contributed by atoms with E-state index in [-0.39, 0.29) is 5.92 Å². The quantitative estimate of drug-likeness (QED) is 0.738. The van der Waals surface area contributed by atoms with Crippen LogP contribution >= 0.6 is 0 Å². The molecule has 2 aliphatic heterocycles. The number of aromatic nitrogens is 1. The van der Waals surface area contributed by atoms with Crippen molar-refractivity contribution in [2.45, 2.75) is 58.0 Å². The van der Waals surface area contributed by atoms with Gasteiger partial charge in [-0.15, -0.1) is 0 Å². The lowest BCUT2D eigenvalue weighted by Gasteiger charge is -2.42. The molecule has 1 amide bonds. The molecule has 0 aromatic carbocycles. The number of likely N-dealkylation sites (tertiary alicyclic amines) is 2. The van der Waals surface area contributed by atoms with Crippen molar-refractivity contribution in [3.05, 3.63) is 30.1 Å². The Morgan fingerprint density at radius 3 is 2.63 bits per heavy atom. The van der Waals surface area contributed by atoms with Crippen molar-refractivity contribution in [1.29, 1.82) is 0 Å². The number of hydrogen-bond acceptors (Lipinski definition) is 4. The first-order valence-electron chi connectivity index (χ1n) is 10.8. The van der Waals surface area contributed by atoms with Gasteiger partial charge in [0, 0.05) is 45.1 Å². The van der Waals surface area contributed by atoms with Crippen LogP contribution in [-0.2, 0) is 11.3 Å². The summed E-state index contributed by atoms with van der Waals surface area (Å²) >= 11 is 0. The number of amides is 1. The molecule has 2 saturated heterocycles. The highest BCUT2D eigenvalue weighted by molar-refractivity contribution is 5.78. The third kappa shape index (κ3) is 5.76. The second-order valence-corrected chi connectivity index (χ2v) is 8.31. The molecule has 5 nitrogen and oxygen atoms in total. The first-order chi connectivity index (χ1) is 13.2. The summed E-state index contributed by atoms with van der Waals surface area (Å²) in [5, 5.41) is 0. The van der Waals surface area contributed by atoms with Gasteiger partial charge in [-0.1, -0.05) is 13.3 Å². The predicted molar refractivity (Wildman–Crippen MR) is 109 cm³/mol. The molecule has 0 saturated carbocycles. The number of pyridine rings is 1. The molecule has 0 radical (unpaired) electrons. The summed E-state index contributed by atoms with van der Waals surface area (Å²) in [6, 6.07) is 4.87. The molecule has 1 aromatic rings. The summed E-state index contributed by atoms with van der Waals surface area (Å²) in [7, 11) is 1.98. The van der Waals surface area contributed by atoms with Gasteiger partial charge in [0.1, 0.15) is 0 Å². The average molecular weight is 373 g/mol. The summed E-state index contributed by atoms with van der Waals surface area (Å²) in [6.45, 7) is 8.54. The van der Waals surface area contributed by atoms with Crippen LogP contribution in [0.1, 0.15) is 51.0 Å². The molecule has 3 heterocycles. The van der Waals surface area contributed by atoms with Crippen LogP contribution in [0.15, 0.2) is 24.5 Å². The van der Waals surface area contributed by atoms with Gasteiger partial charge in [0.15, 0.2) is 0 Å². The molecule has 2 aliphatic rings. The SMILES string of the molecule is CCCCN(C)C(=O)C1CCCN(C2CCN(Cc3ccncc3)CC2)C1. The highest BCUT2D eigenvalue weighted by atomic mass is 16.2. The van der Waals surface area contributed by atoms with Crippen LogP contribution < -0.4 is 0 Å². The molecule has 150 valence electrons. The van der Waals surface area contributed by atoms with Crippen molar-refractivity contribution in [2.24, 2.45) is 5.92 Å². The first kappa shape index (κ1) is 20.3. The minimum absolute atomic E-state index is 0.204. The maximum Gasteiger partial charge on any atom is 0.226 e. The first-order valence-corrected chi connectivity index (χ1v) is 10.8. The van der Waals surface area contributed by atoms with E-state index in [4.69, 9.17) is 0 Å². The van der Waals surface area contributed by atoms with Gasteiger partial charge in [-0.3, -0.25) is 19.6 Å². The summed E-state index contributed by atoms with van der Waals surface area (Å²) in [5.41, 5.74) is 1.35. The molecule has 0 aliphatic carbocycles. The van der Waals surface area contributed by atoms with E-state index in [1.807, 2.05) is 24.3 Å². The van der Waals surface area contributed by atoms with E-state index in [1.165, 1.54) is 18.4 Å². The van der Waals surface area contributed by atoms with E-state index < -0.39 is 0 Å². The fourth-order valence-electron chi connectivity index (χ4n) is 4.55. The normalized spacial score (nSPS) is 22.7. The van der Waals surface area contributed by atoms with E-state index in [9.17, 15) is 4.79 Å². The molecule has 2 fully saturated rings. The Hall–Kier alpha value is -1.46. The Bertz CT molecular complexity index is 571. The van der Waals surface area contributed by atoms with Crippen LogP contribution in [0.5, 0.6) is 0 Å². The Labute approximate surface area is 164 Å². The second-order valence-electron chi connectivity index (χ2n) is 8.31. The molecular formula is C22H36N4O. The standard InChI is InChI=1S/C22H36N4O/c1-3-4-13-24(2)22(27)20-6-5-14-26(18-20)21-9-15-25(16-10-21)17-19-7-11-23-12-8-19/h7-8,11-12,20-21H,3-6,9-10,13-18H2,1-2H3. The van der Waals surface area contributed by atoms with Crippen LogP contribution in [0, 0.1) is 5.92 Å². The molecule has 0 spiro atoms. The lowest BCUT2D eigenvalue weighted by Crippen LogP contribution is -2.50. The third-order valence-electron chi connectivity index (χ3n) is 6.25. The van der Waals surface area contributed by atoms with Crippen LogP contribution in [0.2, 0.25) is 0 Å². The van der Waals surface area contributed by atoms with Crippen molar-refractivity contribution in [2.75, 3.05) is 39.8 Å². The fraction of sp³-hybridized carbons (Fsp3) is 0.727. The zero-order chi connectivity index (χ0) is 19.1. The zero-order valence-corrected chi connectivity index (χ0v) is 17.1. The lowest BCUT2D eigenvalue weighted by molar-refractivity contribution is -0.136. The fourth-order valence-corrected chi connectivity index (χ4v) is 4.55. The van der Waals surface area contributed by atoms with Gasteiger partial charge in [0.05, 0.1) is 5.92 Å². The zero-order valence-electron chi connectivity index (χ0n) is 17.1. The number of nitrogens with zero attached hydrogens (tertiary/aromatic N) is 4. The van der Waals surface area contributed by atoms with E-state index in [2.05, 4.69) is 33.8 Å². The molecule has 0 N–H and O–H groups in total. The Morgan fingerprint density at radius 2 is 1.93 bits per heavy atom. The monoisotopic (exact) mass is 372 g/mol. The molecule has 1 aromatic heterocycles. The molecule has 27 heavy (non-hydrogen) atoms. The molecule has 3 rings (SSSR count). The highest BCUT2D eigenvalue weighted by Crippen LogP contribution is 2.25. The van der Waals surface area contributed by atoms with Crippen molar-refractivity contribution in [1.82, 2.24) is 19.7 Å². The van der Waals surface area contributed by atoms with Gasteiger partial charge in [-0.25, -0.2) is 0 Å². The van der Waals surface area contributed by atoms with Crippen LogP contribution in [-0.4, -0.2) is 71.4 Å². The maximum atomic E-state index is 12.8. The minimum atomic E-state index is 0.204. The smallest absolute Gasteiger partial charge is 0.226 e. The van der Waals surface area contributed by atoms with Gasteiger partial charge < -0.3 is 4.90 Å². The summed E-state index contributed by atoms with van der Waals surface area (Å²) in [4.78, 5) is 24.0. The summed E-state index contributed by atoms with van der Waals surface area (Å²) < 4.78 is 0. The number of piperidine rings is 2. The topological polar surface area (TPSA) is 39.7 Å². The van der Waals surface area contributed by atoms with Crippen molar-refractivity contribution in [3.63, 3.8) is 0 Å². The van der Waals surface area contributed by atoms with Crippen molar-refractivity contribution in [3.8, 4) is 0 Å². The Kier molecular flexibility index (Phi) is 7.65. The molecule has 0 bridgehead atoms. The van der Waals surface area contributed by atoms with E-state index in [0.29, 0.717) is 11.9 Å². The number of rotatable bonds is 7. The van der Waals surface area contributed by atoms with Crippen LogP contribution in [0.25, 0.3) is 0 Å². The third-order valence-corrected chi connectivity index (χ3v) is 6.25. The molecule has 1 atom stereocenters.